The van der Waals surface area contributed by atoms with E-state index in [4.69, 9.17) is 0 Å². The second-order valence-corrected chi connectivity index (χ2v) is 7.61. The number of hydrogen-bond donors (Lipinski definition) is 2. The molecule has 134 valence electrons. The molecule has 0 unspecified atom stereocenters. The average molecular weight is 388 g/mol. The van der Waals surface area contributed by atoms with Crippen LogP contribution in [0.5, 0.6) is 0 Å². The second-order valence-electron chi connectivity index (χ2n) is 5.57. The molecular weight excluding hydrogens is 371 g/mol. The van der Waals surface area contributed by atoms with Gasteiger partial charge in [0.05, 0.1) is 0 Å². The van der Waals surface area contributed by atoms with Crippen LogP contribution in [0.25, 0.3) is 0 Å². The zero-order chi connectivity index (χ0) is 18.4. The number of thioether (sulfide) groups is 1. The zero-order valence-corrected chi connectivity index (χ0v) is 15.7. The molecule has 5 nitrogen and oxygen atoms in total. The van der Waals surface area contributed by atoms with E-state index in [1.54, 1.807) is 23.9 Å². The van der Waals surface area contributed by atoms with Crippen LogP contribution in [0, 0.1) is 12.7 Å². The van der Waals surface area contributed by atoms with Crippen molar-refractivity contribution in [3.63, 3.8) is 0 Å². The van der Waals surface area contributed by atoms with Crippen molar-refractivity contribution in [1.29, 1.82) is 0 Å². The summed E-state index contributed by atoms with van der Waals surface area (Å²) in [5.74, 6) is 1.20. The van der Waals surface area contributed by atoms with Crippen LogP contribution in [0.4, 0.5) is 20.0 Å². The van der Waals surface area contributed by atoms with Gasteiger partial charge in [-0.15, -0.1) is 22.0 Å². The fourth-order valence-corrected chi connectivity index (χ4v) is 3.87. The third kappa shape index (κ3) is 5.53. The molecule has 1 heterocycles. The first kappa shape index (κ1) is 18.3. The summed E-state index contributed by atoms with van der Waals surface area (Å²) < 4.78 is 12.9. The molecule has 26 heavy (non-hydrogen) atoms. The van der Waals surface area contributed by atoms with E-state index in [1.807, 2.05) is 31.2 Å². The van der Waals surface area contributed by atoms with Gasteiger partial charge >= 0.3 is 6.03 Å². The maximum atomic E-state index is 12.9. The topological polar surface area (TPSA) is 66.9 Å². The quantitative estimate of drug-likeness (QED) is 0.619. The number of amides is 2. The van der Waals surface area contributed by atoms with Crippen LogP contribution in [0.1, 0.15) is 16.1 Å². The van der Waals surface area contributed by atoms with Crippen molar-refractivity contribution in [3.8, 4) is 0 Å². The Morgan fingerprint density at radius 3 is 2.50 bits per heavy atom. The average Bonchev–Trinajstić information content (AvgIpc) is 3.06. The molecule has 0 aliphatic rings. The van der Waals surface area contributed by atoms with Crippen LogP contribution < -0.4 is 10.6 Å². The number of halogens is 1. The van der Waals surface area contributed by atoms with E-state index in [-0.39, 0.29) is 11.8 Å². The summed E-state index contributed by atoms with van der Waals surface area (Å²) in [6.45, 7) is 1.99. The number of benzene rings is 2. The molecule has 0 saturated carbocycles. The first-order valence-corrected chi connectivity index (χ1v) is 9.85. The van der Waals surface area contributed by atoms with Gasteiger partial charge in [-0.3, -0.25) is 5.32 Å². The predicted octanol–water partition coefficient (Wildman–Crippen LogP) is 5.06. The Labute approximate surface area is 159 Å². The summed E-state index contributed by atoms with van der Waals surface area (Å²) in [7, 11) is 0. The molecular formula is C18H17FN4OS2. The maximum Gasteiger partial charge on any atom is 0.325 e. The summed E-state index contributed by atoms with van der Waals surface area (Å²) in [6, 6.07) is 13.6. The van der Waals surface area contributed by atoms with Crippen molar-refractivity contribution >= 4 is 39.9 Å². The van der Waals surface area contributed by atoms with Gasteiger partial charge in [0.25, 0.3) is 0 Å². The van der Waals surface area contributed by atoms with E-state index in [9.17, 15) is 9.18 Å². The molecule has 8 heteroatoms. The first-order chi connectivity index (χ1) is 12.6. The van der Waals surface area contributed by atoms with Crippen molar-refractivity contribution in [2.45, 2.75) is 18.4 Å². The SMILES string of the molecule is Cc1ccc(NC(=O)Nc2nnc(CSCc3ccc(F)cc3)s2)cc1. The highest BCUT2D eigenvalue weighted by molar-refractivity contribution is 7.97. The largest absolute Gasteiger partial charge is 0.325 e. The molecule has 2 aromatic carbocycles. The molecule has 0 fully saturated rings. The van der Waals surface area contributed by atoms with E-state index >= 15 is 0 Å². The Kier molecular flexibility index (Phi) is 6.19. The summed E-state index contributed by atoms with van der Waals surface area (Å²) in [4.78, 5) is 12.0. The minimum atomic E-state index is -0.351. The Morgan fingerprint density at radius 2 is 1.77 bits per heavy atom. The highest BCUT2D eigenvalue weighted by Crippen LogP contribution is 2.23. The van der Waals surface area contributed by atoms with E-state index in [0.717, 1.165) is 21.9 Å². The molecule has 0 atom stereocenters. The van der Waals surface area contributed by atoms with E-state index in [0.29, 0.717) is 16.6 Å². The molecule has 0 bridgehead atoms. The van der Waals surface area contributed by atoms with E-state index < -0.39 is 0 Å². The number of aryl methyl sites for hydroxylation is 1. The van der Waals surface area contributed by atoms with Gasteiger partial charge in [-0.2, -0.15) is 0 Å². The van der Waals surface area contributed by atoms with Gasteiger partial charge < -0.3 is 5.32 Å². The molecule has 0 spiro atoms. The molecule has 1 aromatic heterocycles. The van der Waals surface area contributed by atoms with Gasteiger partial charge in [-0.05, 0) is 36.8 Å². The fraction of sp³-hybridized carbons (Fsp3) is 0.167. The third-order valence-electron chi connectivity index (χ3n) is 3.40. The summed E-state index contributed by atoms with van der Waals surface area (Å²) in [6.07, 6.45) is 0. The molecule has 3 aromatic rings. The number of aromatic nitrogens is 2. The number of rotatable bonds is 6. The number of urea groups is 1. The van der Waals surface area contributed by atoms with Crippen molar-refractivity contribution in [1.82, 2.24) is 10.2 Å². The lowest BCUT2D eigenvalue weighted by Gasteiger charge is -2.05. The zero-order valence-electron chi connectivity index (χ0n) is 14.0. The molecule has 2 N–H and O–H groups in total. The minimum absolute atomic E-state index is 0.234. The Bertz CT molecular complexity index is 866. The number of carbonyl (C=O) groups is 1. The lowest BCUT2D eigenvalue weighted by Crippen LogP contribution is -2.19. The van der Waals surface area contributed by atoms with Gasteiger partial charge in [-0.25, -0.2) is 9.18 Å². The molecule has 0 radical (unpaired) electrons. The number of nitrogens with one attached hydrogen (secondary N) is 2. The summed E-state index contributed by atoms with van der Waals surface area (Å²) in [5.41, 5.74) is 2.90. The highest BCUT2D eigenvalue weighted by Gasteiger charge is 2.08. The van der Waals surface area contributed by atoms with Crippen molar-refractivity contribution < 1.29 is 9.18 Å². The Morgan fingerprint density at radius 1 is 1.04 bits per heavy atom. The first-order valence-electron chi connectivity index (χ1n) is 7.88. The lowest BCUT2D eigenvalue weighted by molar-refractivity contribution is 0.262. The predicted molar refractivity (Wildman–Crippen MR) is 105 cm³/mol. The van der Waals surface area contributed by atoms with Crippen LogP contribution in [0.3, 0.4) is 0 Å². The fourth-order valence-electron chi connectivity index (χ4n) is 2.10. The normalized spacial score (nSPS) is 10.5. The second kappa shape index (κ2) is 8.77. The standard InChI is InChI=1S/C18H17FN4OS2/c1-12-2-8-15(9-3-12)20-17(24)21-18-23-22-16(26-18)11-25-10-13-4-6-14(19)7-5-13/h2-9H,10-11H2,1H3,(H2,20,21,23,24). The van der Waals surface area contributed by atoms with Crippen LogP contribution in [-0.4, -0.2) is 16.2 Å². The number of carbonyl (C=O) groups excluding carboxylic acids is 1. The van der Waals surface area contributed by atoms with E-state index in [1.165, 1.54) is 23.5 Å². The molecule has 0 aliphatic heterocycles. The maximum absolute atomic E-state index is 12.9. The Hall–Kier alpha value is -2.45. The van der Waals surface area contributed by atoms with Crippen molar-refractivity contribution in [2.75, 3.05) is 10.6 Å². The van der Waals surface area contributed by atoms with Crippen molar-refractivity contribution in [2.24, 2.45) is 0 Å². The monoisotopic (exact) mass is 388 g/mol. The lowest BCUT2D eigenvalue weighted by atomic mass is 10.2. The highest BCUT2D eigenvalue weighted by atomic mass is 32.2. The molecule has 0 saturated heterocycles. The molecule has 0 aliphatic carbocycles. The smallest absolute Gasteiger partial charge is 0.308 e. The van der Waals surface area contributed by atoms with Gasteiger partial charge in [-0.1, -0.05) is 41.2 Å². The summed E-state index contributed by atoms with van der Waals surface area (Å²) >= 11 is 3.00. The van der Waals surface area contributed by atoms with Crippen molar-refractivity contribution in [3.05, 3.63) is 70.5 Å². The van der Waals surface area contributed by atoms with Gasteiger partial charge in [0, 0.05) is 17.2 Å². The molecule has 2 amide bonds. The Balaban J connectivity index is 1.45. The van der Waals surface area contributed by atoms with Gasteiger partial charge in [0.2, 0.25) is 5.13 Å². The number of anilines is 2. The van der Waals surface area contributed by atoms with Gasteiger partial charge in [0.1, 0.15) is 10.8 Å². The van der Waals surface area contributed by atoms with Gasteiger partial charge in [0.15, 0.2) is 0 Å². The molecule has 3 rings (SSSR count). The van der Waals surface area contributed by atoms with Crippen LogP contribution >= 0.6 is 23.1 Å². The van der Waals surface area contributed by atoms with Crippen LogP contribution in [0.15, 0.2) is 48.5 Å². The van der Waals surface area contributed by atoms with E-state index in [2.05, 4.69) is 20.8 Å². The summed E-state index contributed by atoms with van der Waals surface area (Å²) in [5, 5.41) is 14.8. The van der Waals surface area contributed by atoms with Crippen LogP contribution in [-0.2, 0) is 11.5 Å². The number of nitrogens with zero attached hydrogens (tertiary/aromatic N) is 2. The minimum Gasteiger partial charge on any atom is -0.308 e. The third-order valence-corrected chi connectivity index (χ3v) is 5.44. The number of hydrogen-bond acceptors (Lipinski definition) is 5. The van der Waals surface area contributed by atoms with Crippen LogP contribution in [0.2, 0.25) is 0 Å².